The van der Waals surface area contributed by atoms with Crippen LogP contribution in [0.3, 0.4) is 0 Å². The molecule has 3 rings (SSSR count). The fourth-order valence-electron chi connectivity index (χ4n) is 3.14. The average Bonchev–Trinajstić information content (AvgIpc) is 3.24. The van der Waals surface area contributed by atoms with Gasteiger partial charge in [-0.15, -0.1) is 0 Å². The van der Waals surface area contributed by atoms with E-state index in [4.69, 9.17) is 4.52 Å². The minimum atomic E-state index is -0.122. The molecule has 1 atom stereocenters. The Morgan fingerprint density at radius 3 is 2.88 bits per heavy atom. The average molecular weight is 342 g/mol. The minimum absolute atomic E-state index is 0.115. The Labute approximate surface area is 148 Å². The zero-order valence-corrected chi connectivity index (χ0v) is 15.2. The lowest BCUT2D eigenvalue weighted by Crippen LogP contribution is -2.30. The first-order chi connectivity index (χ1) is 11.9. The third-order valence-electron chi connectivity index (χ3n) is 4.52. The van der Waals surface area contributed by atoms with Gasteiger partial charge in [0.05, 0.1) is 11.7 Å². The van der Waals surface area contributed by atoms with Crippen LogP contribution in [0.1, 0.15) is 69.9 Å². The van der Waals surface area contributed by atoms with Gasteiger partial charge in [0, 0.05) is 31.0 Å². The second-order valence-electron chi connectivity index (χ2n) is 7.62. The van der Waals surface area contributed by atoms with Gasteiger partial charge in [-0.25, -0.2) is 0 Å². The second kappa shape index (κ2) is 7.33. The Morgan fingerprint density at radius 2 is 2.20 bits per heavy atom. The fourth-order valence-corrected chi connectivity index (χ4v) is 3.14. The van der Waals surface area contributed by atoms with E-state index in [2.05, 4.69) is 35.9 Å². The quantitative estimate of drug-likeness (QED) is 0.832. The first-order valence-corrected chi connectivity index (χ1v) is 8.98. The van der Waals surface area contributed by atoms with Crippen molar-refractivity contribution in [3.8, 4) is 0 Å². The molecule has 0 spiro atoms. The molecule has 1 amide bonds. The van der Waals surface area contributed by atoms with Gasteiger partial charge in [0.2, 0.25) is 11.8 Å². The summed E-state index contributed by atoms with van der Waals surface area (Å²) in [4.78, 5) is 23.4. The van der Waals surface area contributed by atoms with Crippen LogP contribution >= 0.6 is 0 Å². The second-order valence-corrected chi connectivity index (χ2v) is 7.62. The summed E-state index contributed by atoms with van der Waals surface area (Å²) in [6, 6.07) is 6.00. The lowest BCUT2D eigenvalue weighted by atomic mass is 9.96. The van der Waals surface area contributed by atoms with Gasteiger partial charge in [-0.2, -0.15) is 4.98 Å². The largest absolute Gasteiger partial charge is 0.339 e. The standard InChI is InChI=1S/C19H26N4O2/c1-19(2,3)18-21-16(25-22-18)10-6-11-17(24)23-13-7-9-15(23)14-8-4-5-12-20-14/h4-5,8,12,15H,6-7,9-11,13H2,1-3H3/t15-/m0/s1. The van der Waals surface area contributed by atoms with Crippen LogP contribution in [-0.4, -0.2) is 32.5 Å². The third-order valence-corrected chi connectivity index (χ3v) is 4.52. The number of hydrogen-bond acceptors (Lipinski definition) is 5. The van der Waals surface area contributed by atoms with Crippen LogP contribution in [0.4, 0.5) is 0 Å². The Hall–Kier alpha value is -2.24. The molecular weight excluding hydrogens is 316 g/mol. The van der Waals surface area contributed by atoms with E-state index < -0.39 is 0 Å². The molecule has 0 aromatic carbocycles. The number of amides is 1. The van der Waals surface area contributed by atoms with Crippen LogP contribution in [0.2, 0.25) is 0 Å². The lowest BCUT2D eigenvalue weighted by Gasteiger charge is -2.24. The summed E-state index contributed by atoms with van der Waals surface area (Å²) < 4.78 is 5.29. The van der Waals surface area contributed by atoms with Gasteiger partial charge < -0.3 is 9.42 Å². The molecule has 6 nitrogen and oxygen atoms in total. The van der Waals surface area contributed by atoms with Crippen LogP contribution in [-0.2, 0) is 16.6 Å². The predicted molar refractivity (Wildman–Crippen MR) is 93.9 cm³/mol. The summed E-state index contributed by atoms with van der Waals surface area (Å²) in [5.74, 6) is 1.51. The van der Waals surface area contributed by atoms with Gasteiger partial charge in [0.15, 0.2) is 5.82 Å². The number of carbonyl (C=O) groups excluding carboxylic acids is 1. The molecule has 2 aromatic heterocycles. The van der Waals surface area contributed by atoms with E-state index in [9.17, 15) is 4.79 Å². The van der Waals surface area contributed by atoms with Crippen molar-refractivity contribution in [3.05, 3.63) is 41.8 Å². The van der Waals surface area contributed by atoms with Crippen molar-refractivity contribution in [2.45, 2.75) is 64.3 Å². The van der Waals surface area contributed by atoms with Gasteiger partial charge in [-0.1, -0.05) is 32.0 Å². The highest BCUT2D eigenvalue weighted by Gasteiger charge is 2.30. The molecule has 6 heteroatoms. The molecule has 1 saturated heterocycles. The van der Waals surface area contributed by atoms with Gasteiger partial charge in [0.25, 0.3) is 0 Å². The molecule has 1 fully saturated rings. The summed E-state index contributed by atoms with van der Waals surface area (Å²) in [7, 11) is 0. The molecule has 0 N–H and O–H groups in total. The Bertz CT molecular complexity index is 706. The number of rotatable bonds is 5. The van der Waals surface area contributed by atoms with Crippen LogP contribution in [0, 0.1) is 0 Å². The summed E-state index contributed by atoms with van der Waals surface area (Å²) in [6.45, 7) is 6.97. The fraction of sp³-hybridized carbons (Fsp3) is 0.579. The highest BCUT2D eigenvalue weighted by molar-refractivity contribution is 5.77. The molecule has 0 radical (unpaired) electrons. The molecule has 1 aliphatic rings. The van der Waals surface area contributed by atoms with Crippen molar-refractivity contribution in [3.63, 3.8) is 0 Å². The van der Waals surface area contributed by atoms with Crippen molar-refractivity contribution in [1.82, 2.24) is 20.0 Å². The smallest absolute Gasteiger partial charge is 0.226 e. The van der Waals surface area contributed by atoms with Crippen molar-refractivity contribution >= 4 is 5.91 Å². The van der Waals surface area contributed by atoms with Gasteiger partial charge in [-0.05, 0) is 31.4 Å². The first kappa shape index (κ1) is 17.6. The number of likely N-dealkylation sites (tertiary alicyclic amines) is 1. The molecule has 0 unspecified atom stereocenters. The number of aromatic nitrogens is 3. The Balaban J connectivity index is 1.53. The molecule has 0 aliphatic carbocycles. The zero-order valence-electron chi connectivity index (χ0n) is 15.2. The lowest BCUT2D eigenvalue weighted by molar-refractivity contribution is -0.132. The predicted octanol–water partition coefficient (Wildman–Crippen LogP) is 3.45. The molecule has 3 heterocycles. The van der Waals surface area contributed by atoms with Crippen LogP contribution < -0.4 is 0 Å². The number of nitrogens with zero attached hydrogens (tertiary/aromatic N) is 4. The van der Waals surface area contributed by atoms with E-state index in [1.807, 2.05) is 23.1 Å². The van der Waals surface area contributed by atoms with Crippen molar-refractivity contribution in [1.29, 1.82) is 0 Å². The van der Waals surface area contributed by atoms with E-state index in [0.29, 0.717) is 24.6 Å². The molecule has 25 heavy (non-hydrogen) atoms. The number of pyridine rings is 1. The van der Waals surface area contributed by atoms with Crippen molar-refractivity contribution in [2.24, 2.45) is 0 Å². The molecule has 2 aromatic rings. The number of aryl methyl sites for hydroxylation is 1. The SMILES string of the molecule is CC(C)(C)c1noc(CCCC(=O)N2CCC[C@H]2c2ccccn2)n1. The monoisotopic (exact) mass is 342 g/mol. The summed E-state index contributed by atoms with van der Waals surface area (Å²) in [5.41, 5.74) is 0.864. The summed E-state index contributed by atoms with van der Waals surface area (Å²) in [5, 5.41) is 4.02. The van der Waals surface area contributed by atoms with E-state index in [-0.39, 0.29) is 17.4 Å². The van der Waals surface area contributed by atoms with Gasteiger partial charge in [-0.3, -0.25) is 9.78 Å². The minimum Gasteiger partial charge on any atom is -0.339 e. The van der Waals surface area contributed by atoms with E-state index >= 15 is 0 Å². The number of carbonyl (C=O) groups is 1. The van der Waals surface area contributed by atoms with E-state index in [1.165, 1.54) is 0 Å². The molecule has 0 bridgehead atoms. The maximum Gasteiger partial charge on any atom is 0.226 e. The Kier molecular flexibility index (Phi) is 5.16. The Morgan fingerprint density at radius 1 is 1.36 bits per heavy atom. The van der Waals surface area contributed by atoms with Crippen molar-refractivity contribution < 1.29 is 9.32 Å². The number of hydrogen-bond donors (Lipinski definition) is 0. The van der Waals surface area contributed by atoms with Gasteiger partial charge in [0.1, 0.15) is 0 Å². The first-order valence-electron chi connectivity index (χ1n) is 8.98. The molecule has 1 aliphatic heterocycles. The molecule has 134 valence electrons. The normalized spacial score (nSPS) is 17.9. The maximum absolute atomic E-state index is 12.6. The highest BCUT2D eigenvalue weighted by Crippen LogP contribution is 2.31. The van der Waals surface area contributed by atoms with E-state index in [0.717, 1.165) is 31.5 Å². The van der Waals surface area contributed by atoms with Crippen LogP contribution in [0.5, 0.6) is 0 Å². The summed E-state index contributed by atoms with van der Waals surface area (Å²) in [6.07, 6.45) is 5.66. The maximum atomic E-state index is 12.6. The van der Waals surface area contributed by atoms with E-state index in [1.54, 1.807) is 6.20 Å². The highest BCUT2D eigenvalue weighted by atomic mass is 16.5. The van der Waals surface area contributed by atoms with Crippen LogP contribution in [0.15, 0.2) is 28.9 Å². The molecule has 0 saturated carbocycles. The topological polar surface area (TPSA) is 72.1 Å². The summed E-state index contributed by atoms with van der Waals surface area (Å²) >= 11 is 0. The molecular formula is C19H26N4O2. The van der Waals surface area contributed by atoms with Crippen molar-refractivity contribution in [2.75, 3.05) is 6.54 Å². The van der Waals surface area contributed by atoms with Crippen LogP contribution in [0.25, 0.3) is 0 Å². The van der Waals surface area contributed by atoms with Gasteiger partial charge >= 0.3 is 0 Å². The zero-order chi connectivity index (χ0) is 17.9. The third kappa shape index (κ3) is 4.24.